The number of carboxylic acids is 1. The van der Waals surface area contributed by atoms with Crippen LogP contribution in [-0.4, -0.2) is 40.7 Å². The summed E-state index contributed by atoms with van der Waals surface area (Å²) in [5, 5.41) is 13.8. The van der Waals surface area contributed by atoms with Gasteiger partial charge < -0.3 is 20.2 Å². The maximum absolute atomic E-state index is 12.1. The molecule has 1 aromatic heterocycles. The van der Waals surface area contributed by atoms with Gasteiger partial charge in [0.25, 0.3) is 5.91 Å². The molecule has 2 amide bonds. The molecule has 0 radical (unpaired) electrons. The van der Waals surface area contributed by atoms with Gasteiger partial charge in [0.15, 0.2) is 5.76 Å². The highest BCUT2D eigenvalue weighted by Gasteiger charge is 2.28. The fourth-order valence-corrected chi connectivity index (χ4v) is 1.85. The van der Waals surface area contributed by atoms with Crippen LogP contribution in [0.25, 0.3) is 0 Å². The van der Waals surface area contributed by atoms with Crippen LogP contribution in [0.15, 0.2) is 22.8 Å². The maximum Gasteiger partial charge on any atom is 0.327 e. The molecule has 116 valence electrons. The monoisotopic (exact) mass is 314 g/mol. The van der Waals surface area contributed by atoms with Crippen molar-refractivity contribution in [3.05, 3.63) is 24.2 Å². The Labute approximate surface area is 127 Å². The molecule has 1 aromatic rings. The largest absolute Gasteiger partial charge is 0.480 e. The van der Waals surface area contributed by atoms with Crippen LogP contribution in [0.2, 0.25) is 0 Å². The van der Waals surface area contributed by atoms with Gasteiger partial charge in [0.1, 0.15) is 12.1 Å². The van der Waals surface area contributed by atoms with E-state index >= 15 is 0 Å². The molecule has 8 heteroatoms. The van der Waals surface area contributed by atoms with E-state index in [4.69, 9.17) is 9.52 Å². The van der Waals surface area contributed by atoms with Gasteiger partial charge >= 0.3 is 5.97 Å². The number of carbonyl (C=O) groups is 3. The van der Waals surface area contributed by atoms with Gasteiger partial charge in [0.2, 0.25) is 5.91 Å². The lowest BCUT2D eigenvalue weighted by molar-refractivity contribution is -0.141. The molecule has 0 spiro atoms. The minimum Gasteiger partial charge on any atom is -0.480 e. The number of carbonyl (C=O) groups excluding carboxylic acids is 2. The van der Waals surface area contributed by atoms with Crippen molar-refractivity contribution in [1.29, 1.82) is 0 Å². The molecular formula is C13H18N2O5S. The van der Waals surface area contributed by atoms with Crippen molar-refractivity contribution in [1.82, 2.24) is 10.6 Å². The van der Waals surface area contributed by atoms with Crippen molar-refractivity contribution in [2.75, 3.05) is 5.75 Å². The number of rotatable bonds is 7. The Balaban J connectivity index is 2.75. The summed E-state index contributed by atoms with van der Waals surface area (Å²) >= 11 is 3.87. The van der Waals surface area contributed by atoms with Gasteiger partial charge in [-0.15, -0.1) is 0 Å². The number of furan rings is 1. The Bertz CT molecular complexity index is 501. The Morgan fingerprint density at radius 1 is 1.33 bits per heavy atom. The van der Waals surface area contributed by atoms with Crippen molar-refractivity contribution < 1.29 is 23.9 Å². The van der Waals surface area contributed by atoms with E-state index < -0.39 is 29.9 Å². The van der Waals surface area contributed by atoms with Crippen LogP contribution in [0.4, 0.5) is 0 Å². The number of aliphatic carboxylic acids is 1. The lowest BCUT2D eigenvalue weighted by Gasteiger charge is -2.23. The van der Waals surface area contributed by atoms with Crippen LogP contribution < -0.4 is 10.6 Å². The normalized spacial score (nSPS) is 13.5. The third-order valence-electron chi connectivity index (χ3n) is 2.78. The van der Waals surface area contributed by atoms with E-state index in [0.717, 1.165) is 0 Å². The van der Waals surface area contributed by atoms with Crippen molar-refractivity contribution in [2.45, 2.75) is 25.9 Å². The average molecular weight is 314 g/mol. The summed E-state index contributed by atoms with van der Waals surface area (Å²) in [6.07, 6.45) is 1.35. The lowest BCUT2D eigenvalue weighted by atomic mass is 10.0. The second-order valence-electron chi connectivity index (χ2n) is 4.75. The standard InChI is InChI=1S/C13H18N2O5S/c1-7(2)10(12(17)14-8(6-21)13(18)19)15-11(16)9-4-3-5-20-9/h3-5,7-8,10,21H,6H2,1-2H3,(H,14,17)(H,15,16)(H,18,19)/t8-,10-/m0/s1. The molecule has 0 saturated heterocycles. The summed E-state index contributed by atoms with van der Waals surface area (Å²) in [6.45, 7) is 3.48. The summed E-state index contributed by atoms with van der Waals surface area (Å²) in [5.74, 6) is -2.48. The van der Waals surface area contributed by atoms with Gasteiger partial charge in [-0.1, -0.05) is 13.8 Å². The molecule has 1 heterocycles. The first kappa shape index (κ1) is 17.1. The van der Waals surface area contributed by atoms with Gasteiger partial charge in [-0.25, -0.2) is 4.79 Å². The van der Waals surface area contributed by atoms with E-state index in [-0.39, 0.29) is 17.4 Å². The third kappa shape index (κ3) is 4.82. The molecule has 0 saturated carbocycles. The highest BCUT2D eigenvalue weighted by atomic mass is 32.1. The number of hydrogen-bond acceptors (Lipinski definition) is 5. The Hall–Kier alpha value is -1.96. The number of carboxylic acid groups (broad SMARTS) is 1. The van der Waals surface area contributed by atoms with Crippen LogP contribution in [-0.2, 0) is 9.59 Å². The van der Waals surface area contributed by atoms with Crippen molar-refractivity contribution in [3.63, 3.8) is 0 Å². The molecule has 0 unspecified atom stereocenters. The van der Waals surface area contributed by atoms with E-state index in [1.54, 1.807) is 19.9 Å². The van der Waals surface area contributed by atoms with Crippen molar-refractivity contribution >= 4 is 30.4 Å². The fourth-order valence-electron chi connectivity index (χ4n) is 1.60. The predicted molar refractivity (Wildman–Crippen MR) is 78.2 cm³/mol. The number of amides is 2. The number of thiol groups is 1. The molecule has 2 atom stereocenters. The van der Waals surface area contributed by atoms with Crippen molar-refractivity contribution in [2.24, 2.45) is 5.92 Å². The Morgan fingerprint density at radius 2 is 2.00 bits per heavy atom. The molecule has 0 aliphatic carbocycles. The highest BCUT2D eigenvalue weighted by molar-refractivity contribution is 7.80. The molecule has 0 aliphatic rings. The summed E-state index contributed by atoms with van der Waals surface area (Å²) in [6, 6.07) is 1.05. The molecule has 0 bridgehead atoms. The van der Waals surface area contributed by atoms with E-state index in [1.165, 1.54) is 12.3 Å². The molecule has 21 heavy (non-hydrogen) atoms. The molecule has 0 aromatic carbocycles. The smallest absolute Gasteiger partial charge is 0.327 e. The number of nitrogens with one attached hydrogen (secondary N) is 2. The van der Waals surface area contributed by atoms with Crippen molar-refractivity contribution in [3.8, 4) is 0 Å². The second-order valence-corrected chi connectivity index (χ2v) is 5.12. The first-order valence-corrected chi connectivity index (χ1v) is 6.98. The fraction of sp³-hybridized carbons (Fsp3) is 0.462. The maximum atomic E-state index is 12.1. The Kier molecular flexibility index (Phi) is 6.29. The Morgan fingerprint density at radius 3 is 2.43 bits per heavy atom. The molecule has 0 aliphatic heterocycles. The lowest BCUT2D eigenvalue weighted by Crippen LogP contribution is -2.54. The number of hydrogen-bond donors (Lipinski definition) is 4. The second kappa shape index (κ2) is 7.72. The van der Waals surface area contributed by atoms with Gasteiger partial charge in [-0.05, 0) is 18.1 Å². The van der Waals surface area contributed by atoms with E-state index in [1.807, 2.05) is 0 Å². The van der Waals surface area contributed by atoms with E-state index in [0.29, 0.717) is 0 Å². The molecule has 7 nitrogen and oxygen atoms in total. The topological polar surface area (TPSA) is 109 Å². The van der Waals surface area contributed by atoms with Crippen LogP contribution in [0.5, 0.6) is 0 Å². The van der Waals surface area contributed by atoms with Gasteiger partial charge in [0.05, 0.1) is 6.26 Å². The zero-order valence-electron chi connectivity index (χ0n) is 11.7. The third-order valence-corrected chi connectivity index (χ3v) is 3.14. The van der Waals surface area contributed by atoms with Crippen LogP contribution in [0, 0.1) is 5.92 Å². The zero-order chi connectivity index (χ0) is 16.0. The molecular weight excluding hydrogens is 296 g/mol. The highest BCUT2D eigenvalue weighted by Crippen LogP contribution is 2.06. The van der Waals surface area contributed by atoms with Gasteiger partial charge in [-0.3, -0.25) is 9.59 Å². The van der Waals surface area contributed by atoms with Crippen LogP contribution in [0.1, 0.15) is 24.4 Å². The first-order chi connectivity index (χ1) is 9.86. The molecule has 3 N–H and O–H groups in total. The minimum absolute atomic E-state index is 0.0436. The predicted octanol–water partition coefficient (Wildman–Crippen LogP) is 0.533. The minimum atomic E-state index is -1.18. The SMILES string of the molecule is CC(C)[C@H](NC(=O)c1ccco1)C(=O)N[C@@H](CS)C(=O)O. The van der Waals surface area contributed by atoms with Crippen LogP contribution in [0.3, 0.4) is 0 Å². The quantitative estimate of drug-likeness (QED) is 0.549. The molecule has 0 fully saturated rings. The summed E-state index contributed by atoms with van der Waals surface area (Å²) < 4.78 is 4.95. The summed E-state index contributed by atoms with van der Waals surface area (Å²) in [4.78, 5) is 34.9. The zero-order valence-corrected chi connectivity index (χ0v) is 12.6. The first-order valence-electron chi connectivity index (χ1n) is 6.35. The summed E-state index contributed by atoms with van der Waals surface area (Å²) in [5.41, 5.74) is 0. The molecule has 1 rings (SSSR count). The average Bonchev–Trinajstić information content (AvgIpc) is 2.94. The van der Waals surface area contributed by atoms with Crippen LogP contribution >= 0.6 is 12.6 Å². The van der Waals surface area contributed by atoms with E-state index in [2.05, 4.69) is 23.3 Å². The van der Waals surface area contributed by atoms with E-state index in [9.17, 15) is 14.4 Å². The van der Waals surface area contributed by atoms with Gasteiger partial charge in [0, 0.05) is 5.75 Å². The van der Waals surface area contributed by atoms with Gasteiger partial charge in [-0.2, -0.15) is 12.6 Å². The summed E-state index contributed by atoms with van der Waals surface area (Å²) in [7, 11) is 0.